The highest BCUT2D eigenvalue weighted by Crippen LogP contribution is 2.12. The maximum atomic E-state index is 11.6. The third kappa shape index (κ3) is 3.31. The average molecular weight is 247 g/mol. The fourth-order valence-electron chi connectivity index (χ4n) is 1.40. The zero-order valence-corrected chi connectivity index (χ0v) is 9.92. The second-order valence-corrected chi connectivity index (χ2v) is 3.63. The van der Waals surface area contributed by atoms with Crippen LogP contribution in [-0.2, 0) is 11.2 Å². The van der Waals surface area contributed by atoms with E-state index in [9.17, 15) is 4.79 Å². The Balaban J connectivity index is 1.81. The molecule has 0 aliphatic heterocycles. The van der Waals surface area contributed by atoms with Gasteiger partial charge in [0.25, 0.3) is 5.88 Å². The van der Waals surface area contributed by atoms with Gasteiger partial charge >= 0.3 is 0 Å². The van der Waals surface area contributed by atoms with Gasteiger partial charge in [-0.2, -0.15) is 0 Å². The lowest BCUT2D eigenvalue weighted by Crippen LogP contribution is -2.12. The van der Waals surface area contributed by atoms with Crippen LogP contribution in [0.25, 0.3) is 0 Å². The third-order valence-corrected chi connectivity index (χ3v) is 2.29. The van der Waals surface area contributed by atoms with Crippen molar-refractivity contribution >= 4 is 11.6 Å². The number of carbonyl (C=O) groups is 1. The van der Waals surface area contributed by atoms with Gasteiger partial charge < -0.3 is 14.6 Å². The summed E-state index contributed by atoms with van der Waals surface area (Å²) in [6, 6.07) is 5.21. The molecular weight excluding hydrogens is 234 g/mol. The number of pyridine rings is 1. The molecule has 6 nitrogen and oxygen atoms in total. The van der Waals surface area contributed by atoms with E-state index in [-0.39, 0.29) is 5.91 Å². The minimum Gasteiger partial charge on any atom is -0.479 e. The topological polar surface area (TPSA) is 77.2 Å². The predicted molar refractivity (Wildman–Crippen MR) is 64.2 cm³/mol. The van der Waals surface area contributed by atoms with E-state index >= 15 is 0 Å². The Hall–Kier alpha value is -2.37. The van der Waals surface area contributed by atoms with E-state index in [4.69, 9.17) is 9.26 Å². The Morgan fingerprint density at radius 2 is 2.44 bits per heavy atom. The van der Waals surface area contributed by atoms with Crippen LogP contribution in [0, 0.1) is 0 Å². The fraction of sp³-hybridized carbons (Fsp3) is 0.250. The van der Waals surface area contributed by atoms with E-state index in [1.807, 2.05) is 0 Å². The van der Waals surface area contributed by atoms with E-state index in [1.165, 1.54) is 7.11 Å². The first-order valence-electron chi connectivity index (χ1n) is 5.47. The minimum atomic E-state index is -0.0987. The lowest BCUT2D eigenvalue weighted by molar-refractivity contribution is -0.116. The molecule has 0 spiro atoms. The highest BCUT2D eigenvalue weighted by Gasteiger charge is 2.07. The number of hydrogen-bond acceptors (Lipinski definition) is 5. The first kappa shape index (κ1) is 12.1. The van der Waals surface area contributed by atoms with Crippen LogP contribution in [0.2, 0.25) is 0 Å². The maximum absolute atomic E-state index is 11.6. The van der Waals surface area contributed by atoms with Crippen molar-refractivity contribution < 1.29 is 14.1 Å². The van der Waals surface area contributed by atoms with Crippen LogP contribution >= 0.6 is 0 Å². The molecule has 2 rings (SSSR count). The molecule has 2 aromatic heterocycles. The van der Waals surface area contributed by atoms with Gasteiger partial charge in [-0.25, -0.2) is 0 Å². The summed E-state index contributed by atoms with van der Waals surface area (Å²) in [5, 5.41) is 6.40. The number of nitrogens with zero attached hydrogens (tertiary/aromatic N) is 2. The molecule has 0 atom stereocenters. The summed E-state index contributed by atoms with van der Waals surface area (Å²) in [6.45, 7) is 0. The van der Waals surface area contributed by atoms with Crippen LogP contribution in [0.3, 0.4) is 0 Å². The molecule has 1 N–H and O–H groups in total. The number of anilines is 1. The zero-order chi connectivity index (χ0) is 12.8. The highest BCUT2D eigenvalue weighted by molar-refractivity contribution is 5.90. The lowest BCUT2D eigenvalue weighted by Gasteiger charge is -2.02. The molecule has 0 bridgehead atoms. The molecule has 0 aliphatic carbocycles. The van der Waals surface area contributed by atoms with Crippen LogP contribution in [0.15, 0.2) is 35.1 Å². The molecule has 6 heteroatoms. The van der Waals surface area contributed by atoms with Crippen molar-refractivity contribution in [2.75, 3.05) is 12.4 Å². The molecule has 0 unspecified atom stereocenters. The number of carbonyl (C=O) groups excluding carboxylic acids is 1. The van der Waals surface area contributed by atoms with Gasteiger partial charge in [0.1, 0.15) is 5.76 Å². The molecule has 1 amide bonds. The zero-order valence-electron chi connectivity index (χ0n) is 9.92. The molecule has 0 radical (unpaired) electrons. The van der Waals surface area contributed by atoms with Crippen LogP contribution in [0.5, 0.6) is 5.88 Å². The summed E-state index contributed by atoms with van der Waals surface area (Å²) in [7, 11) is 1.51. The van der Waals surface area contributed by atoms with Gasteiger partial charge in [-0.15, -0.1) is 0 Å². The van der Waals surface area contributed by atoms with Crippen molar-refractivity contribution in [1.29, 1.82) is 0 Å². The summed E-state index contributed by atoms with van der Waals surface area (Å²) in [5.74, 6) is 0.934. The molecule has 0 saturated carbocycles. The standard InChI is InChI=1S/C12H13N3O3/c1-17-12-7-10(18-15-12)4-5-11(16)14-9-3-2-6-13-8-9/h2-3,6-8H,4-5H2,1H3,(H,14,16). The van der Waals surface area contributed by atoms with Crippen LogP contribution in [0.1, 0.15) is 12.2 Å². The van der Waals surface area contributed by atoms with Crippen molar-refractivity contribution in [3.8, 4) is 5.88 Å². The molecule has 0 saturated heterocycles. The monoisotopic (exact) mass is 247 g/mol. The Morgan fingerprint density at radius 1 is 1.56 bits per heavy atom. The normalized spacial score (nSPS) is 10.1. The SMILES string of the molecule is COc1cc(CCC(=O)Nc2cccnc2)on1. The number of nitrogens with one attached hydrogen (secondary N) is 1. The van der Waals surface area contributed by atoms with E-state index in [2.05, 4.69) is 15.5 Å². The molecule has 0 aliphatic rings. The van der Waals surface area contributed by atoms with Crippen LogP contribution in [0.4, 0.5) is 5.69 Å². The van der Waals surface area contributed by atoms with Gasteiger partial charge in [-0.3, -0.25) is 9.78 Å². The van der Waals surface area contributed by atoms with E-state index < -0.39 is 0 Å². The minimum absolute atomic E-state index is 0.0987. The van der Waals surface area contributed by atoms with Crippen molar-refractivity contribution in [1.82, 2.24) is 10.1 Å². The van der Waals surface area contributed by atoms with Crippen molar-refractivity contribution in [2.24, 2.45) is 0 Å². The Kier molecular flexibility index (Phi) is 3.90. The smallest absolute Gasteiger partial charge is 0.254 e. The Bertz CT molecular complexity index is 510. The number of rotatable bonds is 5. The van der Waals surface area contributed by atoms with E-state index in [1.54, 1.807) is 30.6 Å². The van der Waals surface area contributed by atoms with Gasteiger partial charge in [0.05, 0.1) is 19.0 Å². The summed E-state index contributed by atoms with van der Waals surface area (Å²) in [4.78, 5) is 15.5. The van der Waals surface area contributed by atoms with Crippen LogP contribution in [-0.4, -0.2) is 23.2 Å². The Morgan fingerprint density at radius 3 is 3.11 bits per heavy atom. The molecular formula is C12H13N3O3. The third-order valence-electron chi connectivity index (χ3n) is 2.29. The predicted octanol–water partition coefficient (Wildman–Crippen LogP) is 1.65. The van der Waals surface area contributed by atoms with Gasteiger partial charge in [-0.05, 0) is 17.3 Å². The number of ether oxygens (including phenoxy) is 1. The van der Waals surface area contributed by atoms with Crippen molar-refractivity contribution in [3.63, 3.8) is 0 Å². The van der Waals surface area contributed by atoms with Gasteiger partial charge in [0, 0.05) is 25.1 Å². The molecule has 18 heavy (non-hydrogen) atoms. The second kappa shape index (κ2) is 5.81. The van der Waals surface area contributed by atoms with E-state index in [0.29, 0.717) is 30.2 Å². The van der Waals surface area contributed by atoms with Gasteiger partial charge in [-0.1, -0.05) is 0 Å². The number of methoxy groups -OCH3 is 1. The molecule has 0 fully saturated rings. The second-order valence-electron chi connectivity index (χ2n) is 3.63. The molecule has 2 aromatic rings. The molecule has 0 aromatic carbocycles. The summed E-state index contributed by atoms with van der Waals surface area (Å²) >= 11 is 0. The van der Waals surface area contributed by atoms with Gasteiger partial charge in [0.2, 0.25) is 5.91 Å². The first-order valence-corrected chi connectivity index (χ1v) is 5.47. The summed E-state index contributed by atoms with van der Waals surface area (Å²) in [5.41, 5.74) is 0.678. The number of hydrogen-bond donors (Lipinski definition) is 1. The van der Waals surface area contributed by atoms with Crippen molar-refractivity contribution in [2.45, 2.75) is 12.8 Å². The maximum Gasteiger partial charge on any atom is 0.254 e. The van der Waals surface area contributed by atoms with Crippen LogP contribution < -0.4 is 10.1 Å². The van der Waals surface area contributed by atoms with E-state index in [0.717, 1.165) is 0 Å². The number of amides is 1. The quantitative estimate of drug-likeness (QED) is 0.869. The van der Waals surface area contributed by atoms with Crippen molar-refractivity contribution in [3.05, 3.63) is 36.4 Å². The number of aromatic nitrogens is 2. The largest absolute Gasteiger partial charge is 0.479 e. The average Bonchev–Trinajstić information content (AvgIpc) is 2.85. The summed E-state index contributed by atoms with van der Waals surface area (Å²) in [6.07, 6.45) is 4.03. The fourth-order valence-corrected chi connectivity index (χ4v) is 1.40. The number of aryl methyl sites for hydroxylation is 1. The molecule has 94 valence electrons. The lowest BCUT2D eigenvalue weighted by atomic mass is 10.2. The highest BCUT2D eigenvalue weighted by atomic mass is 16.5. The summed E-state index contributed by atoms with van der Waals surface area (Å²) < 4.78 is 9.87. The molecule has 2 heterocycles. The first-order chi connectivity index (χ1) is 8.78. The Labute approximate surface area is 104 Å². The van der Waals surface area contributed by atoms with Gasteiger partial charge in [0.15, 0.2) is 0 Å².